The molecule has 0 saturated carbocycles. The number of hydrogen-bond acceptors (Lipinski definition) is 5. The summed E-state index contributed by atoms with van der Waals surface area (Å²) >= 11 is 0. The lowest BCUT2D eigenvalue weighted by Gasteiger charge is -2.07. The Kier molecular flexibility index (Phi) is 4.93. The summed E-state index contributed by atoms with van der Waals surface area (Å²) in [6, 6.07) is 16.1. The highest BCUT2D eigenvalue weighted by molar-refractivity contribution is 7.89. The molecule has 0 aliphatic heterocycles. The number of aromatic nitrogens is 3. The zero-order valence-electron chi connectivity index (χ0n) is 13.7. The molecule has 7 nitrogen and oxygen atoms in total. The summed E-state index contributed by atoms with van der Waals surface area (Å²) in [7, 11) is -2.15. The molecule has 8 heteroatoms. The smallest absolute Gasteiger partial charge is 0.238 e. The number of benzene rings is 2. The van der Waals surface area contributed by atoms with Gasteiger partial charge in [-0.1, -0.05) is 30.3 Å². The third kappa shape index (κ3) is 4.11. The number of primary sulfonamides is 1. The second kappa shape index (κ2) is 7.14. The maximum Gasteiger partial charge on any atom is 0.238 e. The Hall–Kier alpha value is -2.55. The van der Waals surface area contributed by atoms with E-state index in [4.69, 9.17) is 9.88 Å². The summed E-state index contributed by atoms with van der Waals surface area (Å²) < 4.78 is 29.6. The third-order valence-corrected chi connectivity index (χ3v) is 4.54. The molecule has 2 N–H and O–H groups in total. The average Bonchev–Trinajstić information content (AvgIpc) is 2.98. The highest BCUT2D eigenvalue weighted by atomic mass is 32.2. The van der Waals surface area contributed by atoms with Gasteiger partial charge in [0.2, 0.25) is 10.0 Å². The van der Waals surface area contributed by atoms with Crippen molar-refractivity contribution in [1.82, 2.24) is 14.8 Å². The number of rotatable bonds is 6. The van der Waals surface area contributed by atoms with Crippen LogP contribution in [-0.4, -0.2) is 30.3 Å². The molecule has 0 amide bonds. The molecule has 0 aliphatic rings. The molecule has 0 bridgehead atoms. The molecule has 3 aromatic rings. The molecule has 0 atom stereocenters. The summed E-state index contributed by atoms with van der Waals surface area (Å²) in [6.45, 7) is 0.296. The molecule has 2 aromatic carbocycles. The molecule has 0 fully saturated rings. The van der Waals surface area contributed by atoms with Gasteiger partial charge in [0.05, 0.1) is 10.6 Å². The van der Waals surface area contributed by atoms with Crippen LogP contribution in [0.3, 0.4) is 0 Å². The Morgan fingerprint density at radius 1 is 1.08 bits per heavy atom. The first-order chi connectivity index (χ1) is 12.0. The minimum atomic E-state index is -3.73. The Bertz CT molecular complexity index is 951. The van der Waals surface area contributed by atoms with Gasteiger partial charge in [-0.3, -0.25) is 0 Å². The van der Waals surface area contributed by atoms with Gasteiger partial charge in [-0.05, 0) is 29.8 Å². The van der Waals surface area contributed by atoms with Gasteiger partial charge < -0.3 is 4.74 Å². The molecule has 130 valence electrons. The minimum Gasteiger partial charge on any atom is -0.377 e. The summed E-state index contributed by atoms with van der Waals surface area (Å²) in [5.74, 6) is 1.30. The van der Waals surface area contributed by atoms with Crippen molar-refractivity contribution in [2.24, 2.45) is 5.14 Å². The van der Waals surface area contributed by atoms with Gasteiger partial charge in [0.15, 0.2) is 5.82 Å². The van der Waals surface area contributed by atoms with Crippen molar-refractivity contribution in [3.8, 4) is 5.69 Å². The van der Waals surface area contributed by atoms with E-state index in [0.29, 0.717) is 24.5 Å². The maximum absolute atomic E-state index is 11.4. The van der Waals surface area contributed by atoms with Gasteiger partial charge in [-0.15, -0.1) is 5.10 Å². The standard InChI is InChI=1S/C17H18N4O3S/c1-24-12-16-19-17(11-13-5-3-2-4-6-13)21(20-16)14-7-9-15(10-8-14)25(18,22)23/h2-10H,11-12H2,1H3,(H2,18,22,23). The van der Waals surface area contributed by atoms with E-state index >= 15 is 0 Å². The van der Waals surface area contributed by atoms with Gasteiger partial charge in [-0.25, -0.2) is 23.2 Å². The molecule has 0 aliphatic carbocycles. The largest absolute Gasteiger partial charge is 0.377 e. The SMILES string of the molecule is COCc1nc(Cc2ccccc2)n(-c2ccc(S(N)(=O)=O)cc2)n1. The Balaban J connectivity index is 1.99. The first-order valence-corrected chi connectivity index (χ1v) is 9.13. The van der Waals surface area contributed by atoms with Crippen LogP contribution < -0.4 is 5.14 Å². The predicted molar refractivity (Wildman–Crippen MR) is 92.7 cm³/mol. The molecule has 1 aromatic heterocycles. The highest BCUT2D eigenvalue weighted by Crippen LogP contribution is 2.16. The summed E-state index contributed by atoms with van der Waals surface area (Å²) in [5, 5.41) is 9.60. The van der Waals surface area contributed by atoms with Crippen LogP contribution in [-0.2, 0) is 27.8 Å². The number of sulfonamides is 1. The molecular formula is C17H18N4O3S. The van der Waals surface area contributed by atoms with Crippen LogP contribution in [0.4, 0.5) is 0 Å². The van der Waals surface area contributed by atoms with E-state index in [1.165, 1.54) is 12.1 Å². The minimum absolute atomic E-state index is 0.0538. The molecule has 25 heavy (non-hydrogen) atoms. The monoisotopic (exact) mass is 358 g/mol. The van der Waals surface area contributed by atoms with Crippen molar-refractivity contribution in [2.75, 3.05) is 7.11 Å². The van der Waals surface area contributed by atoms with Crippen LogP contribution in [0.15, 0.2) is 59.5 Å². The summed E-state index contributed by atoms with van der Waals surface area (Å²) in [5.41, 5.74) is 1.80. The van der Waals surface area contributed by atoms with Crippen LogP contribution in [0.5, 0.6) is 0 Å². The van der Waals surface area contributed by atoms with E-state index in [9.17, 15) is 8.42 Å². The molecule has 0 radical (unpaired) electrons. The van der Waals surface area contributed by atoms with Gasteiger partial charge in [0.25, 0.3) is 0 Å². The quantitative estimate of drug-likeness (QED) is 0.722. The van der Waals surface area contributed by atoms with E-state index in [0.717, 1.165) is 11.4 Å². The topological polar surface area (TPSA) is 100 Å². The highest BCUT2D eigenvalue weighted by Gasteiger charge is 2.14. The van der Waals surface area contributed by atoms with Gasteiger partial charge in [0.1, 0.15) is 12.4 Å². The van der Waals surface area contributed by atoms with E-state index in [1.807, 2.05) is 30.3 Å². The van der Waals surface area contributed by atoms with Crippen LogP contribution in [0, 0.1) is 0 Å². The van der Waals surface area contributed by atoms with E-state index < -0.39 is 10.0 Å². The van der Waals surface area contributed by atoms with Crippen molar-refractivity contribution in [3.63, 3.8) is 0 Å². The third-order valence-electron chi connectivity index (χ3n) is 3.61. The number of nitrogens with two attached hydrogens (primary N) is 1. The summed E-state index contributed by atoms with van der Waals surface area (Å²) in [4.78, 5) is 4.58. The van der Waals surface area contributed by atoms with E-state index in [-0.39, 0.29) is 4.90 Å². The lowest BCUT2D eigenvalue weighted by Crippen LogP contribution is -2.12. The van der Waals surface area contributed by atoms with Crippen molar-refractivity contribution in [1.29, 1.82) is 0 Å². The van der Waals surface area contributed by atoms with Gasteiger partial charge in [0, 0.05) is 13.5 Å². The summed E-state index contributed by atoms with van der Waals surface area (Å²) in [6.07, 6.45) is 0.592. The van der Waals surface area contributed by atoms with Crippen LogP contribution >= 0.6 is 0 Å². The molecule has 1 heterocycles. The lowest BCUT2D eigenvalue weighted by molar-refractivity contribution is 0.178. The van der Waals surface area contributed by atoms with Crippen molar-refractivity contribution in [2.45, 2.75) is 17.9 Å². The molecule has 0 saturated heterocycles. The zero-order valence-corrected chi connectivity index (χ0v) is 14.5. The second-order valence-corrected chi connectivity index (χ2v) is 7.05. The maximum atomic E-state index is 11.4. The number of methoxy groups -OCH3 is 1. The van der Waals surface area contributed by atoms with Crippen molar-refractivity contribution >= 4 is 10.0 Å². The first kappa shape index (κ1) is 17.3. The molecule has 0 spiro atoms. The molecule has 3 rings (SSSR count). The lowest BCUT2D eigenvalue weighted by atomic mass is 10.1. The van der Waals surface area contributed by atoms with Crippen LogP contribution in [0.2, 0.25) is 0 Å². The zero-order chi connectivity index (χ0) is 17.9. The Labute approximate surface area is 146 Å². The molecular weight excluding hydrogens is 340 g/mol. The first-order valence-electron chi connectivity index (χ1n) is 7.58. The van der Waals surface area contributed by atoms with Gasteiger partial charge in [-0.2, -0.15) is 0 Å². The fourth-order valence-corrected chi connectivity index (χ4v) is 2.97. The number of ether oxygens (including phenoxy) is 1. The van der Waals surface area contributed by atoms with Crippen molar-refractivity contribution < 1.29 is 13.2 Å². The molecule has 0 unspecified atom stereocenters. The predicted octanol–water partition coefficient (Wildman–Crippen LogP) is 1.65. The second-order valence-electron chi connectivity index (χ2n) is 5.49. The van der Waals surface area contributed by atoms with Gasteiger partial charge >= 0.3 is 0 Å². The fraction of sp³-hybridized carbons (Fsp3) is 0.176. The number of nitrogens with zero attached hydrogens (tertiary/aromatic N) is 3. The Morgan fingerprint density at radius 2 is 1.76 bits per heavy atom. The average molecular weight is 358 g/mol. The van der Waals surface area contributed by atoms with E-state index in [2.05, 4.69) is 10.1 Å². The Morgan fingerprint density at radius 3 is 2.36 bits per heavy atom. The van der Waals surface area contributed by atoms with Crippen LogP contribution in [0.1, 0.15) is 17.2 Å². The number of hydrogen-bond donors (Lipinski definition) is 1. The normalized spacial score (nSPS) is 11.6. The van der Waals surface area contributed by atoms with Crippen LogP contribution in [0.25, 0.3) is 5.69 Å². The fourth-order valence-electron chi connectivity index (χ4n) is 2.46. The van der Waals surface area contributed by atoms with E-state index in [1.54, 1.807) is 23.9 Å². The van der Waals surface area contributed by atoms with Crippen molar-refractivity contribution in [3.05, 3.63) is 71.8 Å².